The Morgan fingerprint density at radius 1 is 1.00 bits per heavy atom. The van der Waals surface area contributed by atoms with E-state index >= 15 is 0 Å². The van der Waals surface area contributed by atoms with E-state index in [9.17, 15) is 19.2 Å². The molecule has 160 valence electrons. The first-order valence-electron chi connectivity index (χ1n) is 9.40. The summed E-state index contributed by atoms with van der Waals surface area (Å²) >= 11 is 6.02. The molecule has 0 atom stereocenters. The number of ether oxygens (including phenoxy) is 1. The maximum Gasteiger partial charge on any atom is 0.266 e. The lowest BCUT2D eigenvalue weighted by molar-refractivity contribution is -0.118. The van der Waals surface area contributed by atoms with Crippen LogP contribution in [0.25, 0.3) is 6.08 Å². The molecule has 32 heavy (non-hydrogen) atoms. The van der Waals surface area contributed by atoms with Crippen LogP contribution < -0.4 is 15.4 Å². The lowest BCUT2D eigenvalue weighted by Gasteiger charge is -2.08. The highest BCUT2D eigenvalue weighted by atomic mass is 35.5. The van der Waals surface area contributed by atoms with Crippen molar-refractivity contribution in [2.24, 2.45) is 0 Å². The standard InChI is InChI=1S/C24H17ClFN3O3/c25-21-3-1-2-4-22(21)29-24(31)17(14-27)13-16-5-11-20(12-6-16)32-15-23(30)28-19-9-7-18(26)8-10-19/h1-13H,15H2,(H,28,30)(H,29,31)/b17-13+. The van der Waals surface area contributed by atoms with Crippen LogP contribution in [0.1, 0.15) is 5.56 Å². The lowest BCUT2D eigenvalue weighted by Crippen LogP contribution is -2.20. The van der Waals surface area contributed by atoms with Crippen molar-refractivity contribution < 1.29 is 18.7 Å². The van der Waals surface area contributed by atoms with Gasteiger partial charge in [-0.25, -0.2) is 4.39 Å². The molecule has 0 aliphatic carbocycles. The van der Waals surface area contributed by atoms with E-state index in [0.29, 0.717) is 27.7 Å². The lowest BCUT2D eigenvalue weighted by atomic mass is 10.1. The number of amides is 2. The molecule has 3 aromatic carbocycles. The van der Waals surface area contributed by atoms with E-state index in [-0.39, 0.29) is 12.2 Å². The summed E-state index contributed by atoms with van der Waals surface area (Å²) in [6.07, 6.45) is 1.43. The molecule has 0 spiro atoms. The van der Waals surface area contributed by atoms with Crippen LogP contribution in [0, 0.1) is 17.1 Å². The number of hydrogen-bond acceptors (Lipinski definition) is 4. The minimum absolute atomic E-state index is 0.0998. The van der Waals surface area contributed by atoms with Crippen molar-refractivity contribution in [3.05, 3.63) is 94.8 Å². The highest BCUT2D eigenvalue weighted by Gasteiger charge is 2.11. The average Bonchev–Trinajstić information content (AvgIpc) is 2.80. The van der Waals surface area contributed by atoms with E-state index in [2.05, 4.69) is 10.6 Å². The molecule has 8 heteroatoms. The largest absolute Gasteiger partial charge is 0.484 e. The predicted molar refractivity (Wildman–Crippen MR) is 121 cm³/mol. The molecule has 2 N–H and O–H groups in total. The van der Waals surface area contributed by atoms with Crippen LogP contribution in [0.3, 0.4) is 0 Å². The first-order chi connectivity index (χ1) is 15.4. The van der Waals surface area contributed by atoms with Gasteiger partial charge >= 0.3 is 0 Å². The van der Waals surface area contributed by atoms with Gasteiger partial charge in [-0.2, -0.15) is 5.26 Å². The van der Waals surface area contributed by atoms with Crippen LogP contribution in [0.15, 0.2) is 78.4 Å². The third-order valence-electron chi connectivity index (χ3n) is 4.18. The third-order valence-corrected chi connectivity index (χ3v) is 4.51. The van der Waals surface area contributed by atoms with Crippen molar-refractivity contribution in [3.8, 4) is 11.8 Å². The fraction of sp³-hybridized carbons (Fsp3) is 0.0417. The summed E-state index contributed by atoms with van der Waals surface area (Å²) in [5.74, 6) is -0.952. The Morgan fingerprint density at radius 2 is 1.69 bits per heavy atom. The Labute approximate surface area is 188 Å². The summed E-state index contributed by atoms with van der Waals surface area (Å²) in [7, 11) is 0. The van der Waals surface area contributed by atoms with Gasteiger partial charge in [0.2, 0.25) is 0 Å². The number of nitriles is 1. The summed E-state index contributed by atoms with van der Waals surface area (Å²) in [5.41, 5.74) is 1.36. The van der Waals surface area contributed by atoms with E-state index < -0.39 is 17.6 Å². The number of nitrogens with one attached hydrogen (secondary N) is 2. The molecule has 0 heterocycles. The minimum Gasteiger partial charge on any atom is -0.484 e. The van der Waals surface area contributed by atoms with Gasteiger partial charge in [0.05, 0.1) is 10.7 Å². The molecule has 0 radical (unpaired) electrons. The monoisotopic (exact) mass is 449 g/mol. The molecule has 0 bridgehead atoms. The topological polar surface area (TPSA) is 91.2 Å². The highest BCUT2D eigenvalue weighted by Crippen LogP contribution is 2.21. The SMILES string of the molecule is N#C/C(=C\c1ccc(OCC(=O)Nc2ccc(F)cc2)cc1)C(=O)Nc1ccccc1Cl. The molecule has 0 aromatic heterocycles. The molecule has 0 aliphatic heterocycles. The first-order valence-corrected chi connectivity index (χ1v) is 9.78. The highest BCUT2D eigenvalue weighted by molar-refractivity contribution is 6.34. The molecule has 6 nitrogen and oxygen atoms in total. The van der Waals surface area contributed by atoms with Crippen molar-refractivity contribution in [2.45, 2.75) is 0 Å². The molecule has 0 saturated carbocycles. The minimum atomic E-state index is -0.585. The van der Waals surface area contributed by atoms with Gasteiger partial charge in [-0.1, -0.05) is 35.9 Å². The maximum absolute atomic E-state index is 12.9. The molecule has 2 amide bonds. The van der Waals surface area contributed by atoms with Crippen LogP contribution in [-0.2, 0) is 9.59 Å². The summed E-state index contributed by atoms with van der Waals surface area (Å²) in [5, 5.41) is 14.9. The number of carbonyl (C=O) groups is 2. The zero-order chi connectivity index (χ0) is 22.9. The zero-order valence-corrected chi connectivity index (χ0v) is 17.4. The Hall–Kier alpha value is -4.15. The van der Waals surface area contributed by atoms with E-state index in [1.807, 2.05) is 6.07 Å². The van der Waals surface area contributed by atoms with Crippen molar-refractivity contribution in [3.63, 3.8) is 0 Å². The molecular formula is C24H17ClFN3O3. The smallest absolute Gasteiger partial charge is 0.266 e. The van der Waals surface area contributed by atoms with Gasteiger partial charge < -0.3 is 15.4 Å². The van der Waals surface area contributed by atoms with Gasteiger partial charge in [-0.15, -0.1) is 0 Å². The van der Waals surface area contributed by atoms with Crippen molar-refractivity contribution in [1.29, 1.82) is 5.26 Å². The second-order valence-electron chi connectivity index (χ2n) is 6.52. The summed E-state index contributed by atoms with van der Waals surface area (Å²) < 4.78 is 18.3. The van der Waals surface area contributed by atoms with Crippen LogP contribution in [0.2, 0.25) is 5.02 Å². The molecule has 0 unspecified atom stereocenters. The van der Waals surface area contributed by atoms with Gasteiger partial charge in [0.25, 0.3) is 11.8 Å². The summed E-state index contributed by atoms with van der Waals surface area (Å²) in [6, 6.07) is 20.5. The van der Waals surface area contributed by atoms with Crippen LogP contribution in [-0.4, -0.2) is 18.4 Å². The summed E-state index contributed by atoms with van der Waals surface area (Å²) in [4.78, 5) is 24.3. The van der Waals surface area contributed by atoms with Gasteiger partial charge in [0.15, 0.2) is 6.61 Å². The number of benzene rings is 3. The maximum atomic E-state index is 12.9. The quantitative estimate of drug-likeness (QED) is 0.390. The Balaban J connectivity index is 1.57. The van der Waals surface area contributed by atoms with Gasteiger partial charge in [-0.05, 0) is 60.2 Å². The van der Waals surface area contributed by atoms with E-state index in [1.165, 1.54) is 30.3 Å². The number of hydrogen-bond donors (Lipinski definition) is 2. The Bertz CT molecular complexity index is 1190. The van der Waals surface area contributed by atoms with Crippen LogP contribution >= 0.6 is 11.6 Å². The third kappa shape index (κ3) is 6.42. The Kier molecular flexibility index (Phi) is 7.57. The first kappa shape index (κ1) is 22.5. The second-order valence-corrected chi connectivity index (χ2v) is 6.92. The zero-order valence-electron chi connectivity index (χ0n) is 16.6. The van der Waals surface area contributed by atoms with E-state index in [1.54, 1.807) is 48.5 Å². The van der Waals surface area contributed by atoms with Crippen molar-refractivity contribution in [1.82, 2.24) is 0 Å². The fourth-order valence-electron chi connectivity index (χ4n) is 2.61. The van der Waals surface area contributed by atoms with E-state index in [4.69, 9.17) is 16.3 Å². The summed E-state index contributed by atoms with van der Waals surface area (Å²) in [6.45, 7) is -0.240. The molecule has 3 rings (SSSR count). The average molecular weight is 450 g/mol. The van der Waals surface area contributed by atoms with E-state index in [0.717, 1.165) is 0 Å². The normalized spacial score (nSPS) is 10.7. The van der Waals surface area contributed by atoms with Crippen molar-refractivity contribution in [2.75, 3.05) is 17.2 Å². The number of nitrogens with zero attached hydrogens (tertiary/aromatic N) is 1. The number of halogens is 2. The number of rotatable bonds is 7. The Morgan fingerprint density at radius 3 is 2.34 bits per heavy atom. The predicted octanol–water partition coefficient (Wildman–Crippen LogP) is 5.04. The van der Waals surface area contributed by atoms with Gasteiger partial charge in [0.1, 0.15) is 23.2 Å². The van der Waals surface area contributed by atoms with Crippen LogP contribution in [0.4, 0.5) is 15.8 Å². The fourth-order valence-corrected chi connectivity index (χ4v) is 2.79. The number of anilines is 2. The number of para-hydroxylation sites is 1. The van der Waals surface area contributed by atoms with Gasteiger partial charge in [0, 0.05) is 5.69 Å². The molecule has 0 fully saturated rings. The molecule has 0 aliphatic rings. The molecule has 3 aromatic rings. The molecular weight excluding hydrogens is 433 g/mol. The van der Waals surface area contributed by atoms with Crippen molar-refractivity contribution >= 4 is 40.9 Å². The number of carbonyl (C=O) groups excluding carboxylic acids is 2. The van der Waals surface area contributed by atoms with Gasteiger partial charge in [-0.3, -0.25) is 9.59 Å². The molecule has 0 saturated heterocycles. The van der Waals surface area contributed by atoms with Crippen LogP contribution in [0.5, 0.6) is 5.75 Å². The second kappa shape index (κ2) is 10.8.